The molecule has 11 heteroatoms. The highest BCUT2D eigenvalue weighted by Crippen LogP contribution is 2.30. The highest BCUT2D eigenvalue weighted by Gasteiger charge is 2.34. The van der Waals surface area contributed by atoms with Crippen LogP contribution in [0.3, 0.4) is 0 Å². The minimum absolute atomic E-state index is 0.195. The van der Waals surface area contributed by atoms with E-state index >= 15 is 0 Å². The average Bonchev–Trinajstić information content (AvgIpc) is 2.99. The molecule has 0 saturated carbocycles. The molecule has 132 valence electrons. The number of ketones is 1. The molecule has 0 spiro atoms. The topological polar surface area (TPSA) is 69.3 Å². The normalized spacial score (nSPS) is 12.1. The molecule has 0 aliphatic carbocycles. The van der Waals surface area contributed by atoms with Crippen molar-refractivity contribution < 1.29 is 18.0 Å². The van der Waals surface area contributed by atoms with Crippen LogP contribution in [0.4, 0.5) is 13.2 Å². The van der Waals surface area contributed by atoms with Crippen molar-refractivity contribution in [2.75, 3.05) is 0 Å². The van der Waals surface area contributed by atoms with Crippen LogP contribution >= 0.6 is 22.9 Å². The summed E-state index contributed by atoms with van der Waals surface area (Å²) in [4.78, 5) is 29.2. The van der Waals surface area contributed by atoms with Crippen molar-refractivity contribution in [3.05, 3.63) is 49.6 Å². The largest absolute Gasteiger partial charge is 0.435 e. The van der Waals surface area contributed by atoms with Crippen molar-refractivity contribution in [3.8, 4) is 0 Å². The van der Waals surface area contributed by atoms with Gasteiger partial charge in [0.2, 0.25) is 0 Å². The quantitative estimate of drug-likeness (QED) is 0.644. The lowest BCUT2D eigenvalue weighted by Crippen LogP contribution is -2.19. The van der Waals surface area contributed by atoms with Gasteiger partial charge < -0.3 is 0 Å². The first-order valence-electron chi connectivity index (χ1n) is 6.91. The van der Waals surface area contributed by atoms with Gasteiger partial charge in [-0.15, -0.1) is 11.3 Å². The molecule has 0 aromatic carbocycles. The first-order chi connectivity index (χ1) is 11.6. The monoisotopic (exact) mass is 390 g/mol. The van der Waals surface area contributed by atoms with E-state index in [1.807, 2.05) is 0 Å². The van der Waals surface area contributed by atoms with Crippen molar-refractivity contribution in [1.82, 2.24) is 19.2 Å². The second kappa shape index (κ2) is 5.95. The number of nitrogens with zero attached hydrogens (tertiary/aromatic N) is 4. The lowest BCUT2D eigenvalue weighted by atomic mass is 10.3. The average molecular weight is 391 g/mol. The third-order valence-corrected chi connectivity index (χ3v) is 4.67. The van der Waals surface area contributed by atoms with Crippen LogP contribution in [0, 0.1) is 6.92 Å². The van der Waals surface area contributed by atoms with Gasteiger partial charge in [0.25, 0.3) is 5.56 Å². The van der Waals surface area contributed by atoms with E-state index in [1.54, 1.807) is 6.92 Å². The predicted molar refractivity (Wildman–Crippen MR) is 85.4 cm³/mol. The van der Waals surface area contributed by atoms with Crippen LogP contribution in [0.1, 0.15) is 33.7 Å². The summed E-state index contributed by atoms with van der Waals surface area (Å²) in [6.45, 7) is 2.83. The lowest BCUT2D eigenvalue weighted by Gasteiger charge is -2.04. The molecule has 0 N–H and O–H groups in total. The summed E-state index contributed by atoms with van der Waals surface area (Å²) in [5.74, 6) is -0.273. The Morgan fingerprint density at radius 2 is 2.04 bits per heavy atom. The van der Waals surface area contributed by atoms with Crippen molar-refractivity contribution in [2.45, 2.75) is 26.6 Å². The number of carbonyl (C=O) groups is 1. The number of Topliss-reactive ketones (excluding diaryl/α,β-unsaturated/α-hetero) is 1. The second-order valence-corrected chi connectivity index (χ2v) is 6.84. The van der Waals surface area contributed by atoms with E-state index in [2.05, 4.69) is 10.1 Å². The summed E-state index contributed by atoms with van der Waals surface area (Å²) < 4.78 is 40.1. The highest BCUT2D eigenvalue weighted by molar-refractivity contribution is 7.17. The zero-order chi connectivity index (χ0) is 18.5. The smallest absolute Gasteiger partial charge is 0.293 e. The summed E-state index contributed by atoms with van der Waals surface area (Å²) in [5, 5.41) is 3.18. The van der Waals surface area contributed by atoms with Gasteiger partial charge in [0.1, 0.15) is 10.8 Å². The van der Waals surface area contributed by atoms with Gasteiger partial charge >= 0.3 is 6.18 Å². The molecular formula is C14H10ClF3N4O2S. The SMILES string of the molecule is CC(=O)c1c(C)sc2nc(Cn3nc(C(F)(F)F)cc3Cl)cc(=O)n12. The van der Waals surface area contributed by atoms with E-state index < -0.39 is 17.4 Å². The molecule has 0 aliphatic rings. The molecule has 0 atom stereocenters. The maximum absolute atomic E-state index is 12.7. The number of hydrogen-bond acceptors (Lipinski definition) is 5. The summed E-state index contributed by atoms with van der Waals surface area (Å²) >= 11 is 6.93. The van der Waals surface area contributed by atoms with Crippen LogP contribution in [0.2, 0.25) is 5.15 Å². The molecule has 3 heterocycles. The van der Waals surface area contributed by atoms with Gasteiger partial charge in [0, 0.05) is 23.9 Å². The van der Waals surface area contributed by atoms with Crippen molar-refractivity contribution >= 4 is 33.7 Å². The van der Waals surface area contributed by atoms with Crippen LogP contribution in [0.15, 0.2) is 16.9 Å². The summed E-state index contributed by atoms with van der Waals surface area (Å²) in [6, 6.07) is 1.85. The van der Waals surface area contributed by atoms with Crippen molar-refractivity contribution in [2.24, 2.45) is 0 Å². The van der Waals surface area contributed by atoms with Crippen molar-refractivity contribution in [1.29, 1.82) is 0 Å². The van der Waals surface area contributed by atoms with Crippen LogP contribution in [-0.4, -0.2) is 24.9 Å². The second-order valence-electron chi connectivity index (χ2n) is 5.27. The molecule has 6 nitrogen and oxygen atoms in total. The van der Waals surface area contributed by atoms with Gasteiger partial charge in [-0.3, -0.25) is 9.59 Å². The van der Waals surface area contributed by atoms with Crippen LogP contribution < -0.4 is 5.56 Å². The van der Waals surface area contributed by atoms with E-state index in [0.29, 0.717) is 10.9 Å². The number of halogens is 4. The molecule has 3 rings (SSSR count). The third kappa shape index (κ3) is 3.19. The summed E-state index contributed by atoms with van der Waals surface area (Å²) in [6.07, 6.45) is -4.62. The predicted octanol–water partition coefficient (Wildman–Crippen LogP) is 3.18. The number of thiazole rings is 1. The Kier molecular flexibility index (Phi) is 4.20. The number of rotatable bonds is 3. The van der Waals surface area contributed by atoms with Gasteiger partial charge in [-0.2, -0.15) is 18.3 Å². The molecule has 0 fully saturated rings. The van der Waals surface area contributed by atoms with Crippen molar-refractivity contribution in [3.63, 3.8) is 0 Å². The molecule has 3 aromatic rings. The maximum Gasteiger partial charge on any atom is 0.435 e. The molecule has 25 heavy (non-hydrogen) atoms. The van der Waals surface area contributed by atoms with Gasteiger partial charge in [0.05, 0.1) is 12.2 Å². The van der Waals surface area contributed by atoms with Crippen LogP contribution in [0.25, 0.3) is 4.96 Å². The minimum Gasteiger partial charge on any atom is -0.293 e. The Bertz CT molecular complexity index is 1050. The fourth-order valence-corrected chi connectivity index (χ4v) is 3.65. The fourth-order valence-electron chi connectivity index (χ4n) is 2.41. The van der Waals surface area contributed by atoms with Gasteiger partial charge in [-0.05, 0) is 6.92 Å². The van der Waals surface area contributed by atoms with E-state index in [1.165, 1.54) is 11.3 Å². The highest BCUT2D eigenvalue weighted by atomic mass is 35.5. The van der Waals surface area contributed by atoms with Gasteiger partial charge in [0.15, 0.2) is 16.4 Å². The summed E-state index contributed by atoms with van der Waals surface area (Å²) in [5.41, 5.74) is -1.17. The Balaban J connectivity index is 2.06. The van der Waals surface area contributed by atoms with Gasteiger partial charge in [-0.1, -0.05) is 11.6 Å². The Labute approximate surface area is 147 Å². The standard InChI is InChI=1S/C14H10ClF3N4O2S/c1-6(23)12-7(2)25-13-19-8(3-11(24)22(12)13)5-21-10(15)4-9(20-21)14(16,17)18/h3-4H,5H2,1-2H3. The molecule has 3 aromatic heterocycles. The van der Waals surface area contributed by atoms with Crippen LogP contribution in [0.5, 0.6) is 0 Å². The Hall–Kier alpha value is -2.20. The molecule has 0 unspecified atom stereocenters. The zero-order valence-electron chi connectivity index (χ0n) is 12.9. The number of carbonyl (C=O) groups excluding carboxylic acids is 1. The molecule has 0 aliphatic heterocycles. The first-order valence-corrected chi connectivity index (χ1v) is 8.11. The zero-order valence-corrected chi connectivity index (χ0v) is 14.5. The Morgan fingerprint density at radius 1 is 1.36 bits per heavy atom. The molecule has 0 amide bonds. The molecular weight excluding hydrogens is 381 g/mol. The molecule has 0 bridgehead atoms. The van der Waals surface area contributed by atoms with E-state index in [9.17, 15) is 22.8 Å². The number of fused-ring (bicyclic) bond motifs is 1. The Morgan fingerprint density at radius 3 is 2.60 bits per heavy atom. The number of hydrogen-bond donors (Lipinski definition) is 0. The number of aryl methyl sites for hydroxylation is 1. The van der Waals surface area contributed by atoms with Crippen LogP contribution in [-0.2, 0) is 12.7 Å². The fraction of sp³-hybridized carbons (Fsp3) is 0.286. The lowest BCUT2D eigenvalue weighted by molar-refractivity contribution is -0.141. The van der Waals surface area contributed by atoms with E-state index in [-0.39, 0.29) is 33.8 Å². The number of alkyl halides is 3. The maximum atomic E-state index is 12.7. The molecule has 0 saturated heterocycles. The third-order valence-electron chi connectivity index (χ3n) is 3.41. The number of aromatic nitrogens is 4. The minimum atomic E-state index is -4.62. The molecule has 0 radical (unpaired) electrons. The first kappa shape index (κ1) is 17.6. The van der Waals surface area contributed by atoms with E-state index in [4.69, 9.17) is 11.6 Å². The van der Waals surface area contributed by atoms with E-state index in [0.717, 1.165) is 22.1 Å². The summed E-state index contributed by atoms with van der Waals surface area (Å²) in [7, 11) is 0. The van der Waals surface area contributed by atoms with Gasteiger partial charge in [-0.25, -0.2) is 14.1 Å².